The fourth-order valence-corrected chi connectivity index (χ4v) is 4.28. The molecule has 0 spiro atoms. The largest absolute Gasteiger partial charge is 0.274 e. The molecule has 0 bridgehead atoms. The van der Waals surface area contributed by atoms with Gasteiger partial charge >= 0.3 is 0 Å². The van der Waals surface area contributed by atoms with Gasteiger partial charge in [-0.15, -0.1) is 0 Å². The van der Waals surface area contributed by atoms with Gasteiger partial charge in [-0.3, -0.25) is 9.79 Å². The lowest BCUT2D eigenvalue weighted by atomic mass is 9.97. The highest BCUT2D eigenvalue weighted by atomic mass is 32.2. The second-order valence-corrected chi connectivity index (χ2v) is 8.33. The van der Waals surface area contributed by atoms with Gasteiger partial charge in [-0.2, -0.15) is 0 Å². The minimum Gasteiger partial charge on any atom is -0.274 e. The number of sulfonamides is 1. The Kier molecular flexibility index (Phi) is 4.86. The number of rotatable bonds is 4. The number of hydrogen-bond acceptors (Lipinski definition) is 4. The van der Waals surface area contributed by atoms with E-state index < -0.39 is 15.9 Å². The number of hydrogen-bond donors (Lipinski definition) is 1. The smallest absolute Gasteiger partial charge is 0.264 e. The van der Waals surface area contributed by atoms with Crippen LogP contribution < -0.4 is 4.72 Å². The first kappa shape index (κ1) is 18.8. The Morgan fingerprint density at radius 2 is 1.41 bits per heavy atom. The molecule has 0 heterocycles. The number of carbonyl (C=O) groups excluding carboxylic acids is 1. The average molecular weight is 402 g/mol. The molecule has 4 aromatic rings. The van der Waals surface area contributed by atoms with Crippen LogP contribution in [0.1, 0.15) is 12.5 Å². The number of fused-ring (bicyclic) bond motifs is 2. The third-order valence-corrected chi connectivity index (χ3v) is 6.03. The summed E-state index contributed by atoms with van der Waals surface area (Å²) in [5, 5.41) is 4.45. The Bertz CT molecular complexity index is 1300. The molecule has 4 rings (SSSR count). The van der Waals surface area contributed by atoms with Crippen LogP contribution in [0, 0.1) is 0 Å². The summed E-state index contributed by atoms with van der Waals surface area (Å²) < 4.78 is 26.1. The quantitative estimate of drug-likeness (QED) is 0.401. The third-order valence-electron chi connectivity index (χ3n) is 4.58. The molecule has 0 aliphatic heterocycles. The molecular formula is C23H18N2O3S. The molecule has 0 fully saturated rings. The van der Waals surface area contributed by atoms with Gasteiger partial charge in [-0.1, -0.05) is 48.5 Å². The van der Waals surface area contributed by atoms with Gasteiger partial charge in [0, 0.05) is 18.7 Å². The van der Waals surface area contributed by atoms with Crippen molar-refractivity contribution in [1.29, 1.82) is 0 Å². The minimum absolute atomic E-state index is 0.0160. The highest BCUT2D eigenvalue weighted by molar-refractivity contribution is 7.90. The van der Waals surface area contributed by atoms with Crippen molar-refractivity contribution >= 4 is 49.4 Å². The number of benzene rings is 4. The number of aliphatic imine (C=N–C) groups is 1. The van der Waals surface area contributed by atoms with Gasteiger partial charge in [-0.05, 0) is 51.9 Å². The van der Waals surface area contributed by atoms with E-state index >= 15 is 0 Å². The van der Waals surface area contributed by atoms with Crippen molar-refractivity contribution in [2.24, 2.45) is 4.99 Å². The van der Waals surface area contributed by atoms with Crippen molar-refractivity contribution < 1.29 is 13.2 Å². The summed E-state index contributed by atoms with van der Waals surface area (Å²) >= 11 is 0. The first-order valence-electron chi connectivity index (χ1n) is 9.02. The lowest BCUT2D eigenvalue weighted by Crippen LogP contribution is -2.28. The van der Waals surface area contributed by atoms with Crippen LogP contribution in [0.2, 0.25) is 0 Å². The van der Waals surface area contributed by atoms with Crippen molar-refractivity contribution in [2.75, 3.05) is 0 Å². The predicted octanol–water partition coefficient (Wildman–Crippen LogP) is 4.57. The summed E-state index contributed by atoms with van der Waals surface area (Å²) in [6, 6.07) is 24.5. The van der Waals surface area contributed by atoms with Crippen LogP contribution in [0.25, 0.3) is 21.5 Å². The van der Waals surface area contributed by atoms with Gasteiger partial charge in [-0.25, -0.2) is 13.1 Å². The standard InChI is InChI=1S/C23H18N2O3S/c1-16(26)25-29(27,28)20-12-10-19(11-13-20)24-15-23-21-8-4-2-6-17(21)14-18-7-3-5-9-22(18)23/h2-15H,1H3,(H,25,26). The Hall–Kier alpha value is -3.51. The molecular weight excluding hydrogens is 384 g/mol. The second kappa shape index (κ2) is 7.48. The lowest BCUT2D eigenvalue weighted by Gasteiger charge is -2.08. The molecule has 0 saturated carbocycles. The van der Waals surface area contributed by atoms with Crippen LogP contribution in [-0.2, 0) is 14.8 Å². The summed E-state index contributed by atoms with van der Waals surface area (Å²) in [5.41, 5.74) is 1.62. The van der Waals surface area contributed by atoms with E-state index in [0.29, 0.717) is 5.69 Å². The number of carbonyl (C=O) groups is 1. The molecule has 0 saturated heterocycles. The van der Waals surface area contributed by atoms with Gasteiger partial charge in [0.05, 0.1) is 10.6 Å². The molecule has 0 atom stereocenters. The maximum atomic E-state index is 12.1. The fourth-order valence-electron chi connectivity index (χ4n) is 3.29. The van der Waals surface area contributed by atoms with Crippen molar-refractivity contribution in [3.05, 3.63) is 84.4 Å². The van der Waals surface area contributed by atoms with Crippen molar-refractivity contribution in [2.45, 2.75) is 11.8 Å². The average Bonchev–Trinajstić information content (AvgIpc) is 2.70. The van der Waals surface area contributed by atoms with Crippen LogP contribution in [0.3, 0.4) is 0 Å². The van der Waals surface area contributed by atoms with Gasteiger partial charge in [0.1, 0.15) is 0 Å². The molecule has 144 valence electrons. The molecule has 0 aliphatic carbocycles. The van der Waals surface area contributed by atoms with E-state index in [1.807, 2.05) is 35.2 Å². The summed E-state index contributed by atoms with van der Waals surface area (Å²) in [5.74, 6) is -0.630. The van der Waals surface area contributed by atoms with Crippen molar-refractivity contribution in [3.63, 3.8) is 0 Å². The normalized spacial score (nSPS) is 11.9. The van der Waals surface area contributed by atoms with Crippen LogP contribution in [0.15, 0.2) is 88.8 Å². The van der Waals surface area contributed by atoms with E-state index in [4.69, 9.17) is 0 Å². The zero-order valence-electron chi connectivity index (χ0n) is 15.7. The molecule has 1 N–H and O–H groups in total. The highest BCUT2D eigenvalue weighted by Gasteiger charge is 2.14. The van der Waals surface area contributed by atoms with E-state index in [2.05, 4.69) is 35.3 Å². The number of nitrogens with one attached hydrogen (secondary N) is 1. The maximum absolute atomic E-state index is 12.1. The Balaban J connectivity index is 1.74. The van der Waals surface area contributed by atoms with Crippen molar-refractivity contribution in [3.8, 4) is 0 Å². The van der Waals surface area contributed by atoms with Gasteiger partial charge in [0.2, 0.25) is 5.91 Å². The SMILES string of the molecule is CC(=O)NS(=O)(=O)c1ccc(N=Cc2c3ccccc3cc3ccccc23)cc1. The van der Waals surface area contributed by atoms with Crippen molar-refractivity contribution in [1.82, 2.24) is 4.72 Å². The molecule has 0 unspecified atom stereocenters. The van der Waals surface area contributed by atoms with Crippen LogP contribution in [0.5, 0.6) is 0 Å². The van der Waals surface area contributed by atoms with E-state index in [1.54, 1.807) is 12.1 Å². The van der Waals surface area contributed by atoms with E-state index in [1.165, 1.54) is 12.1 Å². The lowest BCUT2D eigenvalue weighted by molar-refractivity contribution is -0.117. The Morgan fingerprint density at radius 3 is 1.97 bits per heavy atom. The highest BCUT2D eigenvalue weighted by Crippen LogP contribution is 2.28. The summed E-state index contributed by atoms with van der Waals surface area (Å²) in [6.07, 6.45) is 1.81. The molecule has 0 radical (unpaired) electrons. The zero-order chi connectivity index (χ0) is 20.4. The molecule has 0 aliphatic rings. The topological polar surface area (TPSA) is 75.6 Å². The van der Waals surface area contributed by atoms with Gasteiger partial charge in [0.15, 0.2) is 0 Å². The van der Waals surface area contributed by atoms with E-state index in [-0.39, 0.29) is 4.90 Å². The molecule has 4 aromatic carbocycles. The van der Waals surface area contributed by atoms with Crippen LogP contribution in [-0.4, -0.2) is 20.5 Å². The molecule has 6 heteroatoms. The van der Waals surface area contributed by atoms with Gasteiger partial charge in [0.25, 0.3) is 10.0 Å². The number of amides is 1. The zero-order valence-corrected chi connectivity index (χ0v) is 16.5. The van der Waals surface area contributed by atoms with Crippen LogP contribution >= 0.6 is 0 Å². The maximum Gasteiger partial charge on any atom is 0.264 e. The molecule has 5 nitrogen and oxygen atoms in total. The van der Waals surface area contributed by atoms with Gasteiger partial charge < -0.3 is 0 Å². The van der Waals surface area contributed by atoms with E-state index in [9.17, 15) is 13.2 Å². The second-order valence-electron chi connectivity index (χ2n) is 6.65. The third kappa shape index (κ3) is 3.88. The predicted molar refractivity (Wildman–Crippen MR) is 116 cm³/mol. The van der Waals surface area contributed by atoms with Crippen LogP contribution in [0.4, 0.5) is 5.69 Å². The first-order valence-corrected chi connectivity index (χ1v) is 10.5. The molecule has 0 aromatic heterocycles. The molecule has 1 amide bonds. The Labute approximate surface area is 168 Å². The monoisotopic (exact) mass is 402 g/mol. The first-order chi connectivity index (χ1) is 13.9. The van der Waals surface area contributed by atoms with E-state index in [0.717, 1.165) is 34.0 Å². The fraction of sp³-hybridized carbons (Fsp3) is 0.0435. The molecule has 29 heavy (non-hydrogen) atoms. The number of nitrogens with zero attached hydrogens (tertiary/aromatic N) is 1. The summed E-state index contributed by atoms with van der Waals surface area (Å²) in [6.45, 7) is 1.16. The Morgan fingerprint density at radius 1 is 0.862 bits per heavy atom. The minimum atomic E-state index is -3.85. The summed E-state index contributed by atoms with van der Waals surface area (Å²) in [7, 11) is -3.85. The summed E-state index contributed by atoms with van der Waals surface area (Å²) in [4.78, 5) is 15.6.